The van der Waals surface area contributed by atoms with Crippen molar-refractivity contribution in [1.29, 1.82) is 0 Å². The highest BCUT2D eigenvalue weighted by molar-refractivity contribution is 6.37. The third-order valence-electron chi connectivity index (χ3n) is 2.64. The van der Waals surface area contributed by atoms with Crippen LogP contribution < -0.4 is 0 Å². The summed E-state index contributed by atoms with van der Waals surface area (Å²) in [5.41, 5.74) is 0.584. The number of carbonyl (C=O) groups excluding carboxylic acids is 2. The Kier molecular flexibility index (Phi) is 3.96. The van der Waals surface area contributed by atoms with Gasteiger partial charge in [0.05, 0.1) is 42.5 Å². The number of hydrogen-bond donors (Lipinski definition) is 1. The molecule has 96 valence electrons. The summed E-state index contributed by atoms with van der Waals surface area (Å²) in [6.07, 6.45) is 0. The third-order valence-corrected chi connectivity index (χ3v) is 2.96. The van der Waals surface area contributed by atoms with E-state index in [2.05, 4.69) is 0 Å². The predicted molar refractivity (Wildman–Crippen MR) is 64.7 cm³/mol. The molecule has 2 amide bonds. The van der Waals surface area contributed by atoms with Crippen molar-refractivity contribution < 1.29 is 19.4 Å². The number of carbonyl (C=O) groups is 2. The Morgan fingerprint density at radius 2 is 2.00 bits per heavy atom. The molecule has 1 aliphatic heterocycles. The molecule has 1 heterocycles. The van der Waals surface area contributed by atoms with E-state index in [4.69, 9.17) is 21.4 Å². The number of amides is 2. The molecule has 0 fully saturated rings. The molecule has 0 radical (unpaired) electrons. The van der Waals surface area contributed by atoms with E-state index in [-0.39, 0.29) is 42.9 Å². The van der Waals surface area contributed by atoms with Crippen LogP contribution in [0.5, 0.6) is 0 Å². The molecule has 0 unspecified atom stereocenters. The van der Waals surface area contributed by atoms with Gasteiger partial charge in [0.25, 0.3) is 11.8 Å². The van der Waals surface area contributed by atoms with E-state index in [1.165, 1.54) is 0 Å². The number of hydrogen-bond acceptors (Lipinski definition) is 4. The van der Waals surface area contributed by atoms with Crippen LogP contribution in [0.25, 0.3) is 0 Å². The SMILES string of the molecule is O=C1c2cccc(Cl)c2C(=O)N1CCOCCO. The van der Waals surface area contributed by atoms with Crippen molar-refractivity contribution in [2.24, 2.45) is 0 Å². The van der Waals surface area contributed by atoms with Crippen LogP contribution in [0.15, 0.2) is 18.2 Å². The fourth-order valence-electron chi connectivity index (χ4n) is 1.82. The minimum Gasteiger partial charge on any atom is -0.394 e. The molecule has 0 spiro atoms. The average molecular weight is 270 g/mol. The summed E-state index contributed by atoms with van der Waals surface area (Å²) in [5, 5.41) is 8.83. The first-order valence-electron chi connectivity index (χ1n) is 5.50. The molecule has 0 bridgehead atoms. The van der Waals surface area contributed by atoms with Crippen molar-refractivity contribution in [3.63, 3.8) is 0 Å². The Balaban J connectivity index is 2.11. The summed E-state index contributed by atoms with van der Waals surface area (Å²) < 4.78 is 5.04. The van der Waals surface area contributed by atoms with Crippen molar-refractivity contribution in [3.8, 4) is 0 Å². The van der Waals surface area contributed by atoms with Gasteiger partial charge >= 0.3 is 0 Å². The molecular formula is C12H12ClNO4. The van der Waals surface area contributed by atoms with Crippen molar-refractivity contribution >= 4 is 23.4 Å². The quantitative estimate of drug-likeness (QED) is 0.638. The van der Waals surface area contributed by atoms with E-state index in [0.29, 0.717) is 5.56 Å². The molecule has 1 aromatic carbocycles. The molecule has 0 atom stereocenters. The molecule has 0 aliphatic carbocycles. The summed E-state index contributed by atoms with van der Waals surface area (Å²) in [6.45, 7) is 0.449. The zero-order valence-corrected chi connectivity index (χ0v) is 10.3. The Bertz CT molecular complexity index is 489. The highest BCUT2D eigenvalue weighted by Gasteiger charge is 2.36. The van der Waals surface area contributed by atoms with Crippen molar-refractivity contribution in [1.82, 2.24) is 4.90 Å². The first kappa shape index (κ1) is 13.0. The van der Waals surface area contributed by atoms with Crippen LogP contribution in [-0.2, 0) is 4.74 Å². The lowest BCUT2D eigenvalue weighted by molar-refractivity contribution is 0.0514. The van der Waals surface area contributed by atoms with E-state index in [9.17, 15) is 9.59 Å². The molecule has 5 nitrogen and oxygen atoms in total. The van der Waals surface area contributed by atoms with E-state index in [1.807, 2.05) is 0 Å². The van der Waals surface area contributed by atoms with Gasteiger partial charge in [0.2, 0.25) is 0 Å². The van der Waals surface area contributed by atoms with Crippen molar-refractivity contribution in [2.75, 3.05) is 26.4 Å². The summed E-state index contributed by atoms with van der Waals surface area (Å²) in [7, 11) is 0. The Morgan fingerprint density at radius 3 is 2.67 bits per heavy atom. The second-order valence-corrected chi connectivity index (χ2v) is 4.17. The number of nitrogens with zero attached hydrogens (tertiary/aromatic N) is 1. The summed E-state index contributed by atoms with van der Waals surface area (Å²) in [6, 6.07) is 4.80. The molecular weight excluding hydrogens is 258 g/mol. The Hall–Kier alpha value is -1.43. The molecule has 0 aromatic heterocycles. The lowest BCUT2D eigenvalue weighted by atomic mass is 10.1. The topological polar surface area (TPSA) is 66.8 Å². The zero-order valence-electron chi connectivity index (χ0n) is 9.56. The van der Waals surface area contributed by atoms with Gasteiger partial charge in [-0.2, -0.15) is 0 Å². The van der Waals surface area contributed by atoms with Gasteiger partial charge in [-0.3, -0.25) is 14.5 Å². The summed E-state index contributed by atoms with van der Waals surface area (Å²) >= 11 is 5.91. The highest BCUT2D eigenvalue weighted by atomic mass is 35.5. The van der Waals surface area contributed by atoms with E-state index in [0.717, 1.165) is 4.90 Å². The third kappa shape index (κ3) is 2.25. The van der Waals surface area contributed by atoms with Crippen molar-refractivity contribution in [2.45, 2.75) is 0 Å². The zero-order chi connectivity index (χ0) is 13.1. The predicted octanol–water partition coefficient (Wildman–Crippen LogP) is 0.945. The van der Waals surface area contributed by atoms with Crippen LogP contribution in [0.4, 0.5) is 0 Å². The van der Waals surface area contributed by atoms with E-state index >= 15 is 0 Å². The number of aliphatic hydroxyl groups is 1. The van der Waals surface area contributed by atoms with Gasteiger partial charge in [-0.15, -0.1) is 0 Å². The number of imide groups is 1. The molecule has 1 aliphatic rings. The standard InChI is InChI=1S/C12H12ClNO4/c13-9-3-1-2-8-10(9)12(17)14(11(8)16)4-6-18-7-5-15/h1-3,15H,4-7H2. The maximum absolute atomic E-state index is 12.0. The number of ether oxygens (including phenoxy) is 1. The average Bonchev–Trinajstić information content (AvgIpc) is 2.60. The first-order valence-corrected chi connectivity index (χ1v) is 5.88. The minimum atomic E-state index is -0.395. The first-order chi connectivity index (χ1) is 8.66. The minimum absolute atomic E-state index is 0.0893. The van der Waals surface area contributed by atoms with Crippen LogP contribution in [0.2, 0.25) is 5.02 Å². The van der Waals surface area contributed by atoms with Crippen molar-refractivity contribution in [3.05, 3.63) is 34.3 Å². The second kappa shape index (κ2) is 5.48. The van der Waals surface area contributed by atoms with Crippen LogP contribution in [0.1, 0.15) is 20.7 Å². The maximum atomic E-state index is 12.0. The van der Waals surface area contributed by atoms with Gasteiger partial charge in [-0.25, -0.2) is 0 Å². The van der Waals surface area contributed by atoms with Crippen LogP contribution >= 0.6 is 11.6 Å². The molecule has 2 rings (SSSR count). The fourth-order valence-corrected chi connectivity index (χ4v) is 2.07. The number of rotatable bonds is 5. The van der Waals surface area contributed by atoms with Crippen LogP contribution in [-0.4, -0.2) is 48.2 Å². The van der Waals surface area contributed by atoms with Crippen LogP contribution in [0, 0.1) is 0 Å². The lowest BCUT2D eigenvalue weighted by Crippen LogP contribution is -2.33. The van der Waals surface area contributed by atoms with Gasteiger partial charge in [0, 0.05) is 0 Å². The number of aliphatic hydroxyl groups excluding tert-OH is 1. The Morgan fingerprint density at radius 1 is 1.22 bits per heavy atom. The molecule has 1 aromatic rings. The fraction of sp³-hybridized carbons (Fsp3) is 0.333. The molecule has 18 heavy (non-hydrogen) atoms. The maximum Gasteiger partial charge on any atom is 0.263 e. The molecule has 0 saturated carbocycles. The normalized spacial score (nSPS) is 14.2. The lowest BCUT2D eigenvalue weighted by Gasteiger charge is -2.13. The van der Waals surface area contributed by atoms with Crippen LogP contribution in [0.3, 0.4) is 0 Å². The van der Waals surface area contributed by atoms with Gasteiger partial charge in [0.15, 0.2) is 0 Å². The second-order valence-electron chi connectivity index (χ2n) is 3.76. The van der Waals surface area contributed by atoms with E-state index < -0.39 is 5.91 Å². The smallest absolute Gasteiger partial charge is 0.263 e. The molecule has 1 N–H and O–H groups in total. The number of fused-ring (bicyclic) bond motifs is 1. The van der Waals surface area contributed by atoms with E-state index in [1.54, 1.807) is 18.2 Å². The molecule has 0 saturated heterocycles. The van der Waals surface area contributed by atoms with Gasteiger partial charge in [-0.05, 0) is 12.1 Å². The number of halogens is 1. The largest absolute Gasteiger partial charge is 0.394 e. The monoisotopic (exact) mass is 269 g/mol. The summed E-state index contributed by atoms with van der Waals surface area (Å²) in [4.78, 5) is 25.1. The van der Waals surface area contributed by atoms with Gasteiger partial charge < -0.3 is 9.84 Å². The molecule has 6 heteroatoms. The highest BCUT2D eigenvalue weighted by Crippen LogP contribution is 2.28. The number of benzene rings is 1. The Labute approximate surface area is 109 Å². The summed E-state index contributed by atoms with van der Waals surface area (Å²) in [5.74, 6) is -0.752. The van der Waals surface area contributed by atoms with Gasteiger partial charge in [-0.1, -0.05) is 17.7 Å². The van der Waals surface area contributed by atoms with Gasteiger partial charge in [0.1, 0.15) is 0 Å².